The van der Waals surface area contributed by atoms with Crippen molar-refractivity contribution in [3.8, 4) is 5.69 Å². The van der Waals surface area contributed by atoms with Gasteiger partial charge in [0.05, 0.1) is 16.6 Å². The van der Waals surface area contributed by atoms with E-state index in [4.69, 9.17) is 0 Å². The fraction of sp³-hybridized carbons (Fsp3) is 0.211. The third-order valence-corrected chi connectivity index (χ3v) is 5.58. The van der Waals surface area contributed by atoms with Crippen molar-refractivity contribution in [2.75, 3.05) is 13.3 Å². The molecule has 3 aromatic rings. The van der Waals surface area contributed by atoms with Gasteiger partial charge in [-0.05, 0) is 42.8 Å². The van der Waals surface area contributed by atoms with E-state index >= 15 is 0 Å². The van der Waals surface area contributed by atoms with Crippen molar-refractivity contribution in [2.45, 2.75) is 17.9 Å². The fourth-order valence-electron chi connectivity index (χ4n) is 2.71. The lowest BCUT2D eigenvalue weighted by Crippen LogP contribution is -2.29. The predicted octanol–water partition coefficient (Wildman–Crippen LogP) is 2.50. The zero-order chi connectivity index (χ0) is 19.6. The number of rotatable bonds is 5. The van der Waals surface area contributed by atoms with Crippen LogP contribution in [0, 0.1) is 0 Å². The van der Waals surface area contributed by atoms with Crippen molar-refractivity contribution in [1.82, 2.24) is 19.7 Å². The minimum Gasteiger partial charge on any atom is -0.335 e. The van der Waals surface area contributed by atoms with E-state index in [-0.39, 0.29) is 16.8 Å². The van der Waals surface area contributed by atoms with Crippen molar-refractivity contribution in [2.24, 2.45) is 0 Å². The van der Waals surface area contributed by atoms with Gasteiger partial charge in [-0.1, -0.05) is 18.2 Å². The predicted molar refractivity (Wildman–Crippen MR) is 101 cm³/mol. The lowest BCUT2D eigenvalue weighted by atomic mass is 10.1. The standard InChI is InChI=1S/C19H20N4O3S/c1-14(15-7-9-17(10-8-15)23-13-20-12-21-23)22(2)19(24)16-5-4-6-18(11-16)27(3,25)26/h4-14H,1-3H3. The summed E-state index contributed by atoms with van der Waals surface area (Å²) in [4.78, 5) is 18.4. The molecule has 1 aromatic heterocycles. The Hall–Kier alpha value is -3.00. The average molecular weight is 384 g/mol. The van der Waals surface area contributed by atoms with Gasteiger partial charge in [-0.2, -0.15) is 5.10 Å². The molecule has 0 spiro atoms. The summed E-state index contributed by atoms with van der Waals surface area (Å²) in [5, 5.41) is 4.08. The van der Waals surface area contributed by atoms with Gasteiger partial charge in [-0.25, -0.2) is 18.1 Å². The topological polar surface area (TPSA) is 85.2 Å². The van der Waals surface area contributed by atoms with Crippen molar-refractivity contribution in [1.29, 1.82) is 0 Å². The highest BCUT2D eigenvalue weighted by Crippen LogP contribution is 2.23. The molecule has 7 nitrogen and oxygen atoms in total. The fourth-order valence-corrected chi connectivity index (χ4v) is 3.38. The van der Waals surface area contributed by atoms with Gasteiger partial charge < -0.3 is 4.90 Å². The molecule has 0 aliphatic rings. The van der Waals surface area contributed by atoms with Crippen molar-refractivity contribution >= 4 is 15.7 Å². The first-order valence-corrected chi connectivity index (χ1v) is 10.2. The van der Waals surface area contributed by atoms with Crippen molar-refractivity contribution in [3.05, 3.63) is 72.3 Å². The molecule has 3 rings (SSSR count). The molecule has 140 valence electrons. The molecular formula is C19H20N4O3S. The Kier molecular flexibility index (Phi) is 5.09. The summed E-state index contributed by atoms with van der Waals surface area (Å²) in [6, 6.07) is 13.6. The first kappa shape index (κ1) is 18.8. The Morgan fingerprint density at radius 1 is 1.15 bits per heavy atom. The van der Waals surface area contributed by atoms with E-state index in [9.17, 15) is 13.2 Å². The number of aromatic nitrogens is 3. The van der Waals surface area contributed by atoms with Crippen LogP contribution < -0.4 is 0 Å². The highest BCUT2D eigenvalue weighted by Gasteiger charge is 2.20. The van der Waals surface area contributed by atoms with Gasteiger partial charge in [0.25, 0.3) is 5.91 Å². The van der Waals surface area contributed by atoms with Crippen molar-refractivity contribution in [3.63, 3.8) is 0 Å². The van der Waals surface area contributed by atoms with Crippen LogP contribution in [0.25, 0.3) is 5.69 Å². The lowest BCUT2D eigenvalue weighted by Gasteiger charge is -2.25. The molecule has 8 heteroatoms. The van der Waals surface area contributed by atoms with Crippen LogP contribution in [0.1, 0.15) is 28.9 Å². The molecular weight excluding hydrogens is 364 g/mol. The summed E-state index contributed by atoms with van der Waals surface area (Å²) in [6.45, 7) is 1.92. The molecule has 1 atom stereocenters. The maximum atomic E-state index is 12.8. The van der Waals surface area contributed by atoms with Gasteiger partial charge >= 0.3 is 0 Å². The quantitative estimate of drug-likeness (QED) is 0.675. The Morgan fingerprint density at radius 3 is 2.44 bits per heavy atom. The molecule has 0 N–H and O–H groups in total. The van der Waals surface area contributed by atoms with Crippen LogP contribution >= 0.6 is 0 Å². The molecule has 27 heavy (non-hydrogen) atoms. The highest BCUT2D eigenvalue weighted by molar-refractivity contribution is 7.90. The second kappa shape index (κ2) is 7.32. The minimum absolute atomic E-state index is 0.131. The van der Waals surface area contributed by atoms with Gasteiger partial charge in [0.1, 0.15) is 12.7 Å². The third kappa shape index (κ3) is 4.06. The summed E-state index contributed by atoms with van der Waals surface area (Å²) in [5.74, 6) is -0.242. The molecule has 1 unspecified atom stereocenters. The van der Waals surface area contributed by atoms with Crippen LogP contribution in [0.2, 0.25) is 0 Å². The van der Waals surface area contributed by atoms with Crippen molar-refractivity contribution < 1.29 is 13.2 Å². The second-order valence-corrected chi connectivity index (χ2v) is 8.34. The number of carbonyl (C=O) groups excluding carboxylic acids is 1. The van der Waals surface area contributed by atoms with Crippen LogP contribution in [0.5, 0.6) is 0 Å². The summed E-state index contributed by atoms with van der Waals surface area (Å²) in [7, 11) is -1.67. The summed E-state index contributed by atoms with van der Waals surface area (Å²) in [6.07, 6.45) is 4.20. The van der Waals surface area contributed by atoms with E-state index in [0.717, 1.165) is 17.5 Å². The number of sulfone groups is 1. The van der Waals surface area contributed by atoms with Crippen LogP contribution in [0.4, 0.5) is 0 Å². The molecule has 0 saturated heterocycles. The monoisotopic (exact) mass is 384 g/mol. The highest BCUT2D eigenvalue weighted by atomic mass is 32.2. The Labute approximate surface area is 158 Å². The Bertz CT molecular complexity index is 1040. The molecule has 0 fully saturated rings. The lowest BCUT2D eigenvalue weighted by molar-refractivity contribution is 0.0742. The minimum atomic E-state index is -3.37. The van der Waals surface area contributed by atoms with Crippen LogP contribution in [-0.4, -0.2) is 47.3 Å². The van der Waals surface area contributed by atoms with E-state index in [1.54, 1.807) is 35.1 Å². The van der Waals surface area contributed by atoms with Crippen LogP contribution in [0.15, 0.2) is 66.1 Å². The van der Waals surface area contributed by atoms with E-state index in [1.165, 1.54) is 18.5 Å². The number of carbonyl (C=O) groups is 1. The molecule has 0 aliphatic carbocycles. The summed E-state index contributed by atoms with van der Waals surface area (Å²) in [5.41, 5.74) is 2.17. The first-order chi connectivity index (χ1) is 12.8. The van der Waals surface area contributed by atoms with Gasteiger partial charge in [-0.15, -0.1) is 0 Å². The number of nitrogens with zero attached hydrogens (tertiary/aromatic N) is 4. The molecule has 0 bridgehead atoms. The maximum absolute atomic E-state index is 12.8. The van der Waals surface area contributed by atoms with Gasteiger partial charge in [-0.3, -0.25) is 4.79 Å². The van der Waals surface area contributed by atoms with Crippen LogP contribution in [0.3, 0.4) is 0 Å². The Morgan fingerprint density at radius 2 is 1.85 bits per heavy atom. The largest absolute Gasteiger partial charge is 0.335 e. The average Bonchev–Trinajstić information content (AvgIpc) is 3.20. The molecule has 2 aromatic carbocycles. The number of benzene rings is 2. The number of hydrogen-bond acceptors (Lipinski definition) is 5. The zero-order valence-electron chi connectivity index (χ0n) is 15.3. The number of hydrogen-bond donors (Lipinski definition) is 0. The summed E-state index contributed by atoms with van der Waals surface area (Å²) >= 11 is 0. The van der Waals surface area contributed by atoms with E-state index in [1.807, 2.05) is 31.2 Å². The van der Waals surface area contributed by atoms with Crippen LogP contribution in [-0.2, 0) is 9.84 Å². The number of amides is 1. The SMILES string of the molecule is CC(c1ccc(-n2cncn2)cc1)N(C)C(=O)c1cccc(S(C)(=O)=O)c1. The molecule has 0 radical (unpaired) electrons. The maximum Gasteiger partial charge on any atom is 0.254 e. The molecule has 1 amide bonds. The molecule has 0 aliphatic heterocycles. The molecule has 0 saturated carbocycles. The van der Waals surface area contributed by atoms with E-state index in [0.29, 0.717) is 5.56 Å². The first-order valence-electron chi connectivity index (χ1n) is 8.29. The smallest absolute Gasteiger partial charge is 0.254 e. The zero-order valence-corrected chi connectivity index (χ0v) is 16.1. The molecule has 1 heterocycles. The second-order valence-electron chi connectivity index (χ2n) is 6.32. The van der Waals surface area contributed by atoms with E-state index < -0.39 is 9.84 Å². The summed E-state index contributed by atoms with van der Waals surface area (Å²) < 4.78 is 25.1. The third-order valence-electron chi connectivity index (χ3n) is 4.47. The Balaban J connectivity index is 1.80. The normalized spacial score (nSPS) is 12.6. The van der Waals surface area contributed by atoms with Gasteiger partial charge in [0.2, 0.25) is 0 Å². The van der Waals surface area contributed by atoms with Gasteiger partial charge in [0.15, 0.2) is 9.84 Å². The van der Waals surface area contributed by atoms with E-state index in [2.05, 4.69) is 10.1 Å². The van der Waals surface area contributed by atoms with Gasteiger partial charge in [0, 0.05) is 18.9 Å².